The van der Waals surface area contributed by atoms with Gasteiger partial charge in [-0.1, -0.05) is 30.3 Å². The molecule has 92 valence electrons. The molecule has 0 aromatic heterocycles. The fraction of sp³-hybridized carbons (Fsp3) is 0.250. The maximum Gasteiger partial charge on any atom is 0.164 e. The van der Waals surface area contributed by atoms with Crippen LogP contribution in [0.15, 0.2) is 36.4 Å². The fourth-order valence-electron chi connectivity index (χ4n) is 2.69. The molecule has 0 aliphatic heterocycles. The molecule has 0 unspecified atom stereocenters. The van der Waals surface area contributed by atoms with Crippen molar-refractivity contribution >= 4 is 0 Å². The second kappa shape index (κ2) is 4.37. The molecule has 0 atom stereocenters. The average molecular weight is 240 g/mol. The van der Waals surface area contributed by atoms with Crippen molar-refractivity contribution in [2.45, 2.75) is 12.8 Å². The van der Waals surface area contributed by atoms with Crippen LogP contribution in [0.3, 0.4) is 0 Å². The summed E-state index contributed by atoms with van der Waals surface area (Å²) in [5.74, 6) is 1.69. The van der Waals surface area contributed by atoms with Gasteiger partial charge < -0.3 is 9.47 Å². The second-order valence-corrected chi connectivity index (χ2v) is 4.56. The SMILES string of the molecule is COc1ccc2c(c1OC)Cc1ccccc1C2. The van der Waals surface area contributed by atoms with Gasteiger partial charge in [-0.3, -0.25) is 0 Å². The standard InChI is InChI=1S/C16H16O2/c1-17-15-8-7-13-9-11-5-3-4-6-12(11)10-14(13)16(15)18-2/h3-8H,9-10H2,1-2H3. The molecule has 2 nitrogen and oxygen atoms in total. The molecular formula is C16H16O2. The summed E-state index contributed by atoms with van der Waals surface area (Å²) < 4.78 is 10.9. The molecule has 18 heavy (non-hydrogen) atoms. The van der Waals surface area contributed by atoms with Crippen molar-refractivity contribution in [1.29, 1.82) is 0 Å². The molecule has 0 saturated carbocycles. The Hall–Kier alpha value is -1.96. The van der Waals surface area contributed by atoms with Gasteiger partial charge in [0.15, 0.2) is 11.5 Å². The minimum absolute atomic E-state index is 0.815. The Bertz CT molecular complexity index is 588. The van der Waals surface area contributed by atoms with Crippen molar-refractivity contribution in [3.63, 3.8) is 0 Å². The molecule has 2 aromatic carbocycles. The Morgan fingerprint density at radius 2 is 1.50 bits per heavy atom. The minimum atomic E-state index is 0.815. The molecular weight excluding hydrogens is 224 g/mol. The summed E-state index contributed by atoms with van der Waals surface area (Å²) in [6, 6.07) is 12.7. The molecule has 0 heterocycles. The first-order valence-electron chi connectivity index (χ1n) is 6.13. The van der Waals surface area contributed by atoms with Gasteiger partial charge in [-0.2, -0.15) is 0 Å². The van der Waals surface area contributed by atoms with E-state index in [-0.39, 0.29) is 0 Å². The van der Waals surface area contributed by atoms with Crippen molar-refractivity contribution in [2.24, 2.45) is 0 Å². The van der Waals surface area contributed by atoms with Crippen molar-refractivity contribution in [3.05, 3.63) is 58.7 Å². The molecule has 0 amide bonds. The van der Waals surface area contributed by atoms with Gasteiger partial charge >= 0.3 is 0 Å². The van der Waals surface area contributed by atoms with Crippen LogP contribution in [0.5, 0.6) is 11.5 Å². The van der Waals surface area contributed by atoms with Crippen molar-refractivity contribution in [2.75, 3.05) is 14.2 Å². The summed E-state index contributed by atoms with van der Waals surface area (Å²) >= 11 is 0. The van der Waals surface area contributed by atoms with E-state index >= 15 is 0 Å². The van der Waals surface area contributed by atoms with Crippen LogP contribution in [0.4, 0.5) is 0 Å². The third-order valence-electron chi connectivity index (χ3n) is 3.61. The van der Waals surface area contributed by atoms with Crippen LogP contribution < -0.4 is 9.47 Å². The molecule has 3 rings (SSSR count). The molecule has 1 aliphatic carbocycles. The Kier molecular flexibility index (Phi) is 2.71. The molecule has 0 bridgehead atoms. The van der Waals surface area contributed by atoms with E-state index in [1.54, 1.807) is 14.2 Å². The molecule has 1 aliphatic rings. The topological polar surface area (TPSA) is 18.5 Å². The van der Waals surface area contributed by atoms with E-state index in [1.165, 1.54) is 22.3 Å². The lowest BCUT2D eigenvalue weighted by Gasteiger charge is -2.23. The number of hydrogen-bond donors (Lipinski definition) is 0. The van der Waals surface area contributed by atoms with Crippen LogP contribution in [0.25, 0.3) is 0 Å². The van der Waals surface area contributed by atoms with Crippen molar-refractivity contribution in [3.8, 4) is 11.5 Å². The Labute approximate surface area is 107 Å². The molecule has 0 N–H and O–H groups in total. The molecule has 0 spiro atoms. The molecule has 0 saturated heterocycles. The van der Waals surface area contributed by atoms with Crippen LogP contribution in [-0.4, -0.2) is 14.2 Å². The number of benzene rings is 2. The van der Waals surface area contributed by atoms with E-state index in [1.807, 2.05) is 6.07 Å². The fourth-order valence-corrected chi connectivity index (χ4v) is 2.69. The number of methoxy groups -OCH3 is 2. The zero-order valence-electron chi connectivity index (χ0n) is 10.7. The van der Waals surface area contributed by atoms with Crippen LogP contribution in [0.1, 0.15) is 22.3 Å². The largest absolute Gasteiger partial charge is 0.493 e. The van der Waals surface area contributed by atoms with Gasteiger partial charge in [-0.25, -0.2) is 0 Å². The Morgan fingerprint density at radius 1 is 0.778 bits per heavy atom. The van der Waals surface area contributed by atoms with Crippen LogP contribution in [0, 0.1) is 0 Å². The number of ether oxygens (including phenoxy) is 2. The van der Waals surface area contributed by atoms with Gasteiger partial charge in [0.2, 0.25) is 0 Å². The van der Waals surface area contributed by atoms with Crippen LogP contribution in [-0.2, 0) is 12.8 Å². The smallest absolute Gasteiger partial charge is 0.164 e. The number of hydrogen-bond acceptors (Lipinski definition) is 2. The quantitative estimate of drug-likeness (QED) is 0.685. The third kappa shape index (κ3) is 1.65. The van der Waals surface area contributed by atoms with E-state index in [9.17, 15) is 0 Å². The summed E-state index contributed by atoms with van der Waals surface area (Å²) in [5.41, 5.74) is 5.40. The first-order valence-corrected chi connectivity index (χ1v) is 6.13. The average Bonchev–Trinajstić information content (AvgIpc) is 2.43. The third-order valence-corrected chi connectivity index (χ3v) is 3.61. The van der Waals surface area contributed by atoms with Gasteiger partial charge in [0, 0.05) is 12.0 Å². The second-order valence-electron chi connectivity index (χ2n) is 4.56. The highest BCUT2D eigenvalue weighted by Gasteiger charge is 2.20. The number of fused-ring (bicyclic) bond motifs is 2. The van der Waals surface area contributed by atoms with Crippen molar-refractivity contribution in [1.82, 2.24) is 0 Å². The first kappa shape index (κ1) is 11.1. The van der Waals surface area contributed by atoms with Gasteiger partial charge in [0.05, 0.1) is 14.2 Å². The van der Waals surface area contributed by atoms with Gasteiger partial charge in [0.1, 0.15) is 0 Å². The van der Waals surface area contributed by atoms with Crippen LogP contribution in [0.2, 0.25) is 0 Å². The maximum absolute atomic E-state index is 5.52. The zero-order valence-corrected chi connectivity index (χ0v) is 10.7. The normalized spacial score (nSPS) is 12.6. The lowest BCUT2D eigenvalue weighted by molar-refractivity contribution is 0.351. The maximum atomic E-state index is 5.52. The van der Waals surface area contributed by atoms with E-state index < -0.39 is 0 Å². The van der Waals surface area contributed by atoms with E-state index in [0.29, 0.717) is 0 Å². The highest BCUT2D eigenvalue weighted by atomic mass is 16.5. The Balaban J connectivity index is 2.13. The Morgan fingerprint density at radius 3 is 2.17 bits per heavy atom. The highest BCUT2D eigenvalue weighted by Crippen LogP contribution is 2.38. The summed E-state index contributed by atoms with van der Waals surface area (Å²) in [6.07, 6.45) is 1.90. The van der Waals surface area contributed by atoms with Gasteiger partial charge in [-0.05, 0) is 29.2 Å². The summed E-state index contributed by atoms with van der Waals surface area (Å²) in [7, 11) is 3.39. The van der Waals surface area contributed by atoms with E-state index in [2.05, 4.69) is 30.3 Å². The van der Waals surface area contributed by atoms with Gasteiger partial charge in [0.25, 0.3) is 0 Å². The predicted octanol–water partition coefficient (Wildman–Crippen LogP) is 3.20. The minimum Gasteiger partial charge on any atom is -0.493 e. The van der Waals surface area contributed by atoms with E-state index in [0.717, 1.165) is 24.3 Å². The lowest BCUT2D eigenvalue weighted by atomic mass is 9.85. The molecule has 0 radical (unpaired) electrons. The van der Waals surface area contributed by atoms with Gasteiger partial charge in [-0.15, -0.1) is 0 Å². The lowest BCUT2D eigenvalue weighted by Crippen LogP contribution is -2.09. The summed E-state index contributed by atoms with van der Waals surface area (Å²) in [6.45, 7) is 0. The highest BCUT2D eigenvalue weighted by molar-refractivity contribution is 5.56. The predicted molar refractivity (Wildman–Crippen MR) is 71.6 cm³/mol. The summed E-state index contributed by atoms with van der Waals surface area (Å²) in [5, 5.41) is 0. The molecule has 2 aromatic rings. The monoisotopic (exact) mass is 240 g/mol. The van der Waals surface area contributed by atoms with E-state index in [4.69, 9.17) is 9.47 Å². The zero-order chi connectivity index (χ0) is 12.5. The van der Waals surface area contributed by atoms with Crippen molar-refractivity contribution < 1.29 is 9.47 Å². The number of rotatable bonds is 2. The summed E-state index contributed by atoms with van der Waals surface area (Å²) in [4.78, 5) is 0. The molecule has 2 heteroatoms. The first-order chi connectivity index (χ1) is 8.83. The molecule has 0 fully saturated rings. The van der Waals surface area contributed by atoms with Crippen LogP contribution >= 0.6 is 0 Å².